The van der Waals surface area contributed by atoms with Crippen molar-refractivity contribution < 1.29 is 36.7 Å². The lowest BCUT2D eigenvalue weighted by molar-refractivity contribution is 0.0454. The van der Waals surface area contributed by atoms with E-state index >= 15 is 0 Å². The second-order valence-electron chi connectivity index (χ2n) is 8.76. The Hall–Kier alpha value is -2.78. The predicted octanol–water partition coefficient (Wildman–Crippen LogP) is 4.66. The molecule has 0 spiro atoms. The Labute approximate surface area is 194 Å². The van der Waals surface area contributed by atoms with Crippen molar-refractivity contribution in [2.75, 3.05) is 7.11 Å². The first kappa shape index (κ1) is 24.9. The molecule has 1 atom stereocenters. The highest BCUT2D eigenvalue weighted by Gasteiger charge is 2.31. The molecule has 1 heterocycles. The number of esters is 1. The highest BCUT2D eigenvalue weighted by Crippen LogP contribution is 2.45. The summed E-state index contributed by atoms with van der Waals surface area (Å²) in [7, 11) is -2.50. The molecule has 0 radical (unpaired) electrons. The van der Waals surface area contributed by atoms with Gasteiger partial charge in [-0.25, -0.2) is 4.79 Å². The van der Waals surface area contributed by atoms with Gasteiger partial charge in [-0.3, -0.25) is 0 Å². The van der Waals surface area contributed by atoms with Crippen LogP contribution in [0.4, 0.5) is 0 Å². The molecule has 33 heavy (non-hydrogen) atoms. The first-order chi connectivity index (χ1) is 15.4. The van der Waals surface area contributed by atoms with Gasteiger partial charge in [0.05, 0.1) is 18.5 Å². The molecule has 0 amide bonds. The Bertz CT molecular complexity index is 1150. The molecule has 1 N–H and O–H groups in total. The van der Waals surface area contributed by atoms with Gasteiger partial charge in [-0.15, -0.1) is 0 Å². The zero-order valence-corrected chi connectivity index (χ0v) is 20.5. The maximum absolute atomic E-state index is 12.9. The molecule has 2 aromatic rings. The minimum atomic E-state index is -3.90. The van der Waals surface area contributed by atoms with Gasteiger partial charge >= 0.3 is 16.1 Å². The summed E-state index contributed by atoms with van der Waals surface area (Å²) >= 11 is 0. The van der Waals surface area contributed by atoms with Crippen LogP contribution in [-0.2, 0) is 21.5 Å². The van der Waals surface area contributed by atoms with Crippen LogP contribution in [0.1, 0.15) is 67.3 Å². The summed E-state index contributed by atoms with van der Waals surface area (Å²) in [5.74, 6) is -0.0634. The minimum absolute atomic E-state index is 0.00508. The standard InChI is InChI=1S/C24H30O8S/c1-13(2)9-18(25)17-7-8-19-21(23(17)29-6)24(26)30-12-16-10-15(5)11-20(22(16)31-19)32-33(27,28)14(3)4/h7-8,10-11,13-14,18,25H,9,12H2,1-6H3/t18-/m0/s1. The van der Waals surface area contributed by atoms with E-state index in [-0.39, 0.29) is 41.1 Å². The number of carbonyl (C=O) groups excluding carboxylic acids is 1. The zero-order valence-electron chi connectivity index (χ0n) is 19.7. The number of benzene rings is 2. The number of cyclic esters (lactones) is 1. The van der Waals surface area contributed by atoms with E-state index in [1.807, 2.05) is 13.8 Å². The second-order valence-corrected chi connectivity index (χ2v) is 10.9. The van der Waals surface area contributed by atoms with E-state index in [1.54, 1.807) is 25.1 Å². The molecule has 0 aromatic heterocycles. The minimum Gasteiger partial charge on any atom is -0.495 e. The van der Waals surface area contributed by atoms with Crippen LogP contribution in [-0.4, -0.2) is 31.9 Å². The summed E-state index contributed by atoms with van der Waals surface area (Å²) in [5.41, 5.74) is 1.63. The highest BCUT2D eigenvalue weighted by molar-refractivity contribution is 7.87. The van der Waals surface area contributed by atoms with Gasteiger partial charge < -0.3 is 23.5 Å². The smallest absolute Gasteiger partial charge is 0.346 e. The molecule has 3 rings (SSSR count). The number of aliphatic hydroxyl groups is 1. The van der Waals surface area contributed by atoms with Gasteiger partial charge in [0.2, 0.25) is 0 Å². The van der Waals surface area contributed by atoms with E-state index in [9.17, 15) is 18.3 Å². The van der Waals surface area contributed by atoms with Gasteiger partial charge in [-0.05, 0) is 62.9 Å². The van der Waals surface area contributed by atoms with Gasteiger partial charge in [0.25, 0.3) is 0 Å². The van der Waals surface area contributed by atoms with Gasteiger partial charge in [-0.2, -0.15) is 8.42 Å². The molecule has 9 heteroatoms. The van der Waals surface area contributed by atoms with Crippen molar-refractivity contribution in [3.63, 3.8) is 0 Å². The molecule has 0 saturated heterocycles. The lowest BCUT2D eigenvalue weighted by atomic mass is 9.96. The van der Waals surface area contributed by atoms with Gasteiger partial charge in [0.1, 0.15) is 23.7 Å². The first-order valence-electron chi connectivity index (χ1n) is 10.7. The van der Waals surface area contributed by atoms with Crippen LogP contribution < -0.4 is 13.7 Å². The Morgan fingerprint density at radius 2 is 1.85 bits per heavy atom. The highest BCUT2D eigenvalue weighted by atomic mass is 32.2. The van der Waals surface area contributed by atoms with E-state index in [0.29, 0.717) is 23.1 Å². The molecule has 180 valence electrons. The maximum Gasteiger partial charge on any atom is 0.346 e. The van der Waals surface area contributed by atoms with Crippen molar-refractivity contribution in [3.8, 4) is 23.0 Å². The van der Waals surface area contributed by atoms with Crippen molar-refractivity contribution in [2.24, 2.45) is 5.92 Å². The number of aryl methyl sites for hydroxylation is 1. The molecule has 1 aliphatic heterocycles. The zero-order chi connectivity index (χ0) is 24.5. The summed E-state index contributed by atoms with van der Waals surface area (Å²) in [6.45, 7) is 8.60. The third-order valence-corrected chi connectivity index (χ3v) is 6.81. The fourth-order valence-electron chi connectivity index (χ4n) is 3.56. The fraction of sp³-hybridized carbons (Fsp3) is 0.458. The first-order valence-corrected chi connectivity index (χ1v) is 12.2. The number of rotatable bonds is 7. The van der Waals surface area contributed by atoms with Crippen molar-refractivity contribution in [3.05, 3.63) is 46.5 Å². The molecule has 0 saturated carbocycles. The van der Waals surface area contributed by atoms with Crippen molar-refractivity contribution in [1.82, 2.24) is 0 Å². The summed E-state index contributed by atoms with van der Waals surface area (Å²) in [4.78, 5) is 12.9. The summed E-state index contributed by atoms with van der Waals surface area (Å²) in [6, 6.07) is 6.45. The van der Waals surface area contributed by atoms with Gasteiger partial charge in [0.15, 0.2) is 11.5 Å². The molecule has 1 aliphatic rings. The van der Waals surface area contributed by atoms with E-state index < -0.39 is 27.4 Å². The molecule has 8 nitrogen and oxygen atoms in total. The quantitative estimate of drug-likeness (QED) is 0.452. The van der Waals surface area contributed by atoms with Crippen LogP contribution in [0.25, 0.3) is 0 Å². The third kappa shape index (κ3) is 5.25. The molecule has 0 unspecified atom stereocenters. The van der Waals surface area contributed by atoms with Crippen molar-refractivity contribution in [2.45, 2.75) is 59.0 Å². The van der Waals surface area contributed by atoms with Crippen LogP contribution in [0.15, 0.2) is 24.3 Å². The average Bonchev–Trinajstić information content (AvgIpc) is 2.71. The number of hydrogen-bond acceptors (Lipinski definition) is 8. The number of methoxy groups -OCH3 is 1. The molecular weight excluding hydrogens is 448 g/mol. The number of carbonyl (C=O) groups is 1. The molecule has 2 aromatic carbocycles. The van der Waals surface area contributed by atoms with E-state index in [2.05, 4.69) is 0 Å². The van der Waals surface area contributed by atoms with Gasteiger partial charge in [-0.1, -0.05) is 13.8 Å². The summed E-state index contributed by atoms with van der Waals surface area (Å²) < 4.78 is 47.3. The van der Waals surface area contributed by atoms with Crippen LogP contribution in [0.3, 0.4) is 0 Å². The average molecular weight is 479 g/mol. The number of fused-ring (bicyclic) bond motifs is 2. The van der Waals surface area contributed by atoms with Crippen LogP contribution >= 0.6 is 0 Å². The Kier molecular flexibility index (Phi) is 7.23. The summed E-state index contributed by atoms with van der Waals surface area (Å²) in [6.07, 6.45) is -0.383. The Balaban J connectivity index is 2.16. The molecule has 0 fully saturated rings. The lowest BCUT2D eigenvalue weighted by Crippen LogP contribution is -2.21. The predicted molar refractivity (Wildman–Crippen MR) is 122 cm³/mol. The SMILES string of the molecule is COc1c([C@@H](O)CC(C)C)ccc2c1C(=O)OCc1cc(C)cc(OS(=O)(=O)C(C)C)c1O2. The number of ether oxygens (including phenoxy) is 3. The normalized spacial score (nSPS) is 14.5. The fourth-order valence-corrected chi connectivity index (χ4v) is 4.13. The maximum atomic E-state index is 12.9. The largest absolute Gasteiger partial charge is 0.495 e. The van der Waals surface area contributed by atoms with E-state index in [4.69, 9.17) is 18.4 Å². The molecule has 0 bridgehead atoms. The van der Waals surface area contributed by atoms with Crippen LogP contribution in [0.2, 0.25) is 0 Å². The van der Waals surface area contributed by atoms with Crippen LogP contribution in [0, 0.1) is 12.8 Å². The monoisotopic (exact) mass is 478 g/mol. The van der Waals surface area contributed by atoms with Gasteiger partial charge in [0, 0.05) is 11.1 Å². The topological polar surface area (TPSA) is 108 Å². The van der Waals surface area contributed by atoms with Crippen LogP contribution in [0.5, 0.6) is 23.0 Å². The second kappa shape index (κ2) is 9.61. The Morgan fingerprint density at radius 1 is 1.15 bits per heavy atom. The number of aliphatic hydroxyl groups excluding tert-OH is 1. The Morgan fingerprint density at radius 3 is 2.45 bits per heavy atom. The molecule has 0 aliphatic carbocycles. The number of hydrogen-bond donors (Lipinski definition) is 1. The van der Waals surface area contributed by atoms with E-state index in [0.717, 1.165) is 0 Å². The molecular formula is C24H30O8S. The lowest BCUT2D eigenvalue weighted by Gasteiger charge is -2.24. The third-order valence-electron chi connectivity index (χ3n) is 5.24. The van der Waals surface area contributed by atoms with E-state index in [1.165, 1.54) is 27.0 Å². The summed E-state index contributed by atoms with van der Waals surface area (Å²) in [5, 5.41) is 9.90. The van der Waals surface area contributed by atoms with Crippen molar-refractivity contribution in [1.29, 1.82) is 0 Å². The van der Waals surface area contributed by atoms with Crippen molar-refractivity contribution >= 4 is 16.1 Å².